The number of hydrogen-bond acceptors (Lipinski definition) is 3. The summed E-state index contributed by atoms with van der Waals surface area (Å²) in [4.78, 5) is 5.11. The molecular formula is C17H27N3. The number of para-hydroxylation sites is 1. The summed E-state index contributed by atoms with van der Waals surface area (Å²) in [6, 6.07) is 10.8. The van der Waals surface area contributed by atoms with Gasteiger partial charge in [-0.15, -0.1) is 0 Å². The van der Waals surface area contributed by atoms with Crippen molar-refractivity contribution in [1.29, 1.82) is 0 Å². The van der Waals surface area contributed by atoms with Crippen LogP contribution < -0.4 is 10.2 Å². The van der Waals surface area contributed by atoms with Crippen LogP contribution in [-0.2, 0) is 0 Å². The van der Waals surface area contributed by atoms with Crippen molar-refractivity contribution >= 4 is 5.69 Å². The summed E-state index contributed by atoms with van der Waals surface area (Å²) in [6.07, 6.45) is 4.20. The zero-order chi connectivity index (χ0) is 13.6. The summed E-state index contributed by atoms with van der Waals surface area (Å²) in [5.41, 5.74) is 1.37. The molecule has 0 radical (unpaired) electrons. The zero-order valence-electron chi connectivity index (χ0n) is 12.4. The van der Waals surface area contributed by atoms with Crippen LogP contribution in [0.1, 0.15) is 19.3 Å². The van der Waals surface area contributed by atoms with Crippen LogP contribution in [0.15, 0.2) is 30.3 Å². The highest BCUT2D eigenvalue weighted by molar-refractivity contribution is 5.46. The maximum Gasteiger partial charge on any atom is 0.0367 e. The Kier molecular flexibility index (Phi) is 4.93. The second-order valence-corrected chi connectivity index (χ2v) is 6.17. The van der Waals surface area contributed by atoms with E-state index in [9.17, 15) is 0 Å². The number of anilines is 1. The van der Waals surface area contributed by atoms with Crippen molar-refractivity contribution in [2.45, 2.75) is 19.3 Å². The van der Waals surface area contributed by atoms with Crippen LogP contribution in [0, 0.1) is 5.92 Å². The molecule has 1 N–H and O–H groups in total. The lowest BCUT2D eigenvalue weighted by atomic mass is 10.2. The monoisotopic (exact) mass is 273 g/mol. The molecule has 0 spiro atoms. The molecule has 2 aliphatic rings. The molecule has 1 saturated heterocycles. The molecule has 0 amide bonds. The molecule has 0 aromatic heterocycles. The third-order valence-corrected chi connectivity index (χ3v) is 4.45. The first-order valence-electron chi connectivity index (χ1n) is 8.15. The van der Waals surface area contributed by atoms with E-state index >= 15 is 0 Å². The maximum absolute atomic E-state index is 3.58. The van der Waals surface area contributed by atoms with Gasteiger partial charge in [0.2, 0.25) is 0 Å². The normalized spacial score (nSPS) is 20.3. The van der Waals surface area contributed by atoms with Crippen molar-refractivity contribution < 1.29 is 0 Å². The van der Waals surface area contributed by atoms with Crippen LogP contribution in [0.2, 0.25) is 0 Å². The van der Waals surface area contributed by atoms with Crippen molar-refractivity contribution in [3.8, 4) is 0 Å². The fraction of sp³-hybridized carbons (Fsp3) is 0.647. The quantitative estimate of drug-likeness (QED) is 0.768. The molecule has 3 rings (SSSR count). The second kappa shape index (κ2) is 7.09. The smallest absolute Gasteiger partial charge is 0.0367 e. The minimum atomic E-state index is 1.00. The summed E-state index contributed by atoms with van der Waals surface area (Å²) in [5, 5.41) is 3.58. The van der Waals surface area contributed by atoms with Crippen molar-refractivity contribution in [2.75, 3.05) is 50.7 Å². The Balaban J connectivity index is 1.29. The average molecular weight is 273 g/mol. The van der Waals surface area contributed by atoms with Crippen LogP contribution in [0.3, 0.4) is 0 Å². The highest BCUT2D eigenvalue weighted by Crippen LogP contribution is 2.27. The maximum atomic E-state index is 3.58. The van der Waals surface area contributed by atoms with Crippen molar-refractivity contribution in [3.05, 3.63) is 30.3 Å². The second-order valence-electron chi connectivity index (χ2n) is 6.17. The van der Waals surface area contributed by atoms with Gasteiger partial charge in [0, 0.05) is 31.9 Å². The van der Waals surface area contributed by atoms with Crippen molar-refractivity contribution in [2.24, 2.45) is 5.92 Å². The Morgan fingerprint density at radius 2 is 1.75 bits per heavy atom. The van der Waals surface area contributed by atoms with Gasteiger partial charge in [-0.2, -0.15) is 0 Å². The summed E-state index contributed by atoms with van der Waals surface area (Å²) in [5.74, 6) is 1.00. The molecule has 0 atom stereocenters. The van der Waals surface area contributed by atoms with E-state index in [0.717, 1.165) is 5.92 Å². The van der Waals surface area contributed by atoms with E-state index in [2.05, 4.69) is 45.4 Å². The van der Waals surface area contributed by atoms with Gasteiger partial charge in [-0.05, 0) is 56.9 Å². The van der Waals surface area contributed by atoms with E-state index in [4.69, 9.17) is 0 Å². The van der Waals surface area contributed by atoms with E-state index in [0.29, 0.717) is 0 Å². The molecule has 3 heteroatoms. The number of nitrogens with one attached hydrogen (secondary N) is 1. The number of rotatable bonds is 7. The van der Waals surface area contributed by atoms with Gasteiger partial charge in [0.15, 0.2) is 0 Å². The number of hydrogen-bond donors (Lipinski definition) is 1. The van der Waals surface area contributed by atoms with Gasteiger partial charge >= 0.3 is 0 Å². The molecular weight excluding hydrogens is 246 g/mol. The Labute approximate surface area is 123 Å². The first-order chi connectivity index (χ1) is 9.92. The van der Waals surface area contributed by atoms with E-state index in [1.165, 1.54) is 70.8 Å². The van der Waals surface area contributed by atoms with Gasteiger partial charge in [-0.1, -0.05) is 18.2 Å². The summed E-state index contributed by atoms with van der Waals surface area (Å²) < 4.78 is 0. The van der Waals surface area contributed by atoms with Crippen LogP contribution in [0.5, 0.6) is 0 Å². The van der Waals surface area contributed by atoms with Crippen LogP contribution in [0.25, 0.3) is 0 Å². The summed E-state index contributed by atoms with van der Waals surface area (Å²) in [6.45, 7) is 8.44. The van der Waals surface area contributed by atoms with Gasteiger partial charge in [0.1, 0.15) is 0 Å². The standard InChI is InChI=1S/C17H27N3/c1-2-5-17(6-3-1)20-13-11-19(12-14-20)10-4-9-18-15-16-7-8-16/h1-3,5-6,16,18H,4,7-15H2. The predicted molar refractivity (Wildman–Crippen MR) is 85.3 cm³/mol. The molecule has 1 aromatic carbocycles. The topological polar surface area (TPSA) is 18.5 Å². The molecule has 1 aliphatic heterocycles. The minimum absolute atomic E-state index is 1.00. The SMILES string of the molecule is c1ccc(N2CCN(CCCNCC3CC3)CC2)cc1. The minimum Gasteiger partial charge on any atom is -0.369 e. The van der Waals surface area contributed by atoms with Crippen molar-refractivity contribution in [1.82, 2.24) is 10.2 Å². The van der Waals surface area contributed by atoms with E-state index < -0.39 is 0 Å². The largest absolute Gasteiger partial charge is 0.369 e. The Morgan fingerprint density at radius 3 is 2.45 bits per heavy atom. The molecule has 1 aromatic rings. The molecule has 110 valence electrons. The molecule has 0 bridgehead atoms. The molecule has 2 fully saturated rings. The molecule has 3 nitrogen and oxygen atoms in total. The zero-order valence-corrected chi connectivity index (χ0v) is 12.4. The Morgan fingerprint density at radius 1 is 1.00 bits per heavy atom. The Bertz CT molecular complexity index is 380. The summed E-state index contributed by atoms with van der Waals surface area (Å²) in [7, 11) is 0. The first kappa shape index (κ1) is 13.9. The highest BCUT2D eigenvalue weighted by Gasteiger charge is 2.20. The fourth-order valence-electron chi connectivity index (χ4n) is 2.92. The van der Waals surface area contributed by atoms with Crippen LogP contribution in [-0.4, -0.2) is 50.7 Å². The third-order valence-electron chi connectivity index (χ3n) is 4.45. The van der Waals surface area contributed by atoms with Gasteiger partial charge in [-0.25, -0.2) is 0 Å². The lowest BCUT2D eigenvalue weighted by molar-refractivity contribution is 0.254. The van der Waals surface area contributed by atoms with Crippen molar-refractivity contribution in [3.63, 3.8) is 0 Å². The van der Waals surface area contributed by atoms with Gasteiger partial charge in [-0.3, -0.25) is 4.90 Å². The lowest BCUT2D eigenvalue weighted by Gasteiger charge is -2.36. The number of piperazine rings is 1. The van der Waals surface area contributed by atoms with E-state index in [1.807, 2.05) is 0 Å². The van der Waals surface area contributed by atoms with Crippen LogP contribution >= 0.6 is 0 Å². The molecule has 1 heterocycles. The van der Waals surface area contributed by atoms with Crippen LogP contribution in [0.4, 0.5) is 5.69 Å². The molecule has 1 saturated carbocycles. The van der Waals surface area contributed by atoms with Gasteiger partial charge in [0.25, 0.3) is 0 Å². The summed E-state index contributed by atoms with van der Waals surface area (Å²) >= 11 is 0. The highest BCUT2D eigenvalue weighted by atomic mass is 15.3. The molecule has 20 heavy (non-hydrogen) atoms. The van der Waals surface area contributed by atoms with E-state index in [-0.39, 0.29) is 0 Å². The van der Waals surface area contributed by atoms with Gasteiger partial charge in [0.05, 0.1) is 0 Å². The molecule has 0 unspecified atom stereocenters. The lowest BCUT2D eigenvalue weighted by Crippen LogP contribution is -2.47. The number of nitrogens with zero attached hydrogens (tertiary/aromatic N) is 2. The first-order valence-corrected chi connectivity index (χ1v) is 8.15. The number of benzene rings is 1. The van der Waals surface area contributed by atoms with E-state index in [1.54, 1.807) is 0 Å². The predicted octanol–water partition coefficient (Wildman–Crippen LogP) is 2.20. The third kappa shape index (κ3) is 4.22. The Hall–Kier alpha value is -1.06. The average Bonchev–Trinajstić information content (AvgIpc) is 3.33. The molecule has 1 aliphatic carbocycles. The van der Waals surface area contributed by atoms with Gasteiger partial charge < -0.3 is 10.2 Å². The fourth-order valence-corrected chi connectivity index (χ4v) is 2.92.